The summed E-state index contributed by atoms with van der Waals surface area (Å²) < 4.78 is 14.3. The molecule has 1 aliphatic rings. The molecule has 1 aromatic rings. The van der Waals surface area contributed by atoms with Crippen LogP contribution in [0, 0.1) is 11.7 Å². The minimum atomic E-state index is -0.158. The molecule has 0 spiro atoms. The summed E-state index contributed by atoms with van der Waals surface area (Å²) >= 11 is 3.49. The van der Waals surface area contributed by atoms with Gasteiger partial charge in [0.05, 0.1) is 0 Å². The van der Waals surface area contributed by atoms with Crippen molar-refractivity contribution in [1.82, 2.24) is 5.32 Å². The van der Waals surface area contributed by atoms with Gasteiger partial charge in [0.15, 0.2) is 0 Å². The van der Waals surface area contributed by atoms with Gasteiger partial charge < -0.3 is 5.32 Å². The van der Waals surface area contributed by atoms with E-state index in [9.17, 15) is 4.39 Å². The van der Waals surface area contributed by atoms with E-state index in [0.717, 1.165) is 22.5 Å². The first-order valence-electron chi connectivity index (χ1n) is 7.86. The molecule has 1 nitrogen and oxygen atoms in total. The predicted octanol–water partition coefficient (Wildman–Crippen LogP) is 5.43. The van der Waals surface area contributed by atoms with Crippen molar-refractivity contribution < 1.29 is 4.39 Å². The van der Waals surface area contributed by atoms with Crippen LogP contribution in [-0.4, -0.2) is 6.04 Å². The average molecular weight is 342 g/mol. The number of halogens is 2. The minimum absolute atomic E-state index is 0.158. The van der Waals surface area contributed by atoms with Gasteiger partial charge in [0.25, 0.3) is 0 Å². The molecule has 0 aromatic heterocycles. The third-order valence-electron chi connectivity index (χ3n) is 4.37. The van der Waals surface area contributed by atoms with Crippen molar-refractivity contribution in [3.63, 3.8) is 0 Å². The Hall–Kier alpha value is -0.410. The molecule has 1 fully saturated rings. The van der Waals surface area contributed by atoms with Crippen molar-refractivity contribution in [2.45, 2.75) is 64.5 Å². The molecule has 0 bridgehead atoms. The van der Waals surface area contributed by atoms with Crippen LogP contribution in [0.3, 0.4) is 0 Å². The molecule has 0 amide bonds. The van der Waals surface area contributed by atoms with Crippen molar-refractivity contribution >= 4 is 15.9 Å². The van der Waals surface area contributed by atoms with Gasteiger partial charge >= 0.3 is 0 Å². The lowest BCUT2D eigenvalue weighted by Gasteiger charge is -2.17. The summed E-state index contributed by atoms with van der Waals surface area (Å²) in [5, 5.41) is 3.61. The van der Waals surface area contributed by atoms with Crippen molar-refractivity contribution in [3.8, 4) is 0 Å². The Morgan fingerprint density at radius 1 is 1.25 bits per heavy atom. The molecule has 0 aliphatic heterocycles. The maximum atomic E-state index is 13.3. The Kier molecular flexibility index (Phi) is 6.50. The molecule has 1 aromatic carbocycles. The SMILES string of the molecule is CCCC1CCCC(NCc2cc(F)ccc2Br)CC1. The highest BCUT2D eigenvalue weighted by atomic mass is 79.9. The first-order valence-corrected chi connectivity index (χ1v) is 8.65. The highest BCUT2D eigenvalue weighted by Crippen LogP contribution is 2.27. The fourth-order valence-electron chi connectivity index (χ4n) is 3.21. The van der Waals surface area contributed by atoms with Gasteiger partial charge in [-0.15, -0.1) is 0 Å². The monoisotopic (exact) mass is 341 g/mol. The topological polar surface area (TPSA) is 12.0 Å². The average Bonchev–Trinajstić information content (AvgIpc) is 2.66. The van der Waals surface area contributed by atoms with Crippen LogP contribution in [0.5, 0.6) is 0 Å². The first-order chi connectivity index (χ1) is 9.69. The van der Waals surface area contributed by atoms with Gasteiger partial charge in [-0.3, -0.25) is 0 Å². The Balaban J connectivity index is 1.83. The molecule has 3 heteroatoms. The smallest absolute Gasteiger partial charge is 0.123 e. The molecule has 0 heterocycles. The summed E-state index contributed by atoms with van der Waals surface area (Å²) in [6.45, 7) is 3.03. The molecule has 20 heavy (non-hydrogen) atoms. The van der Waals surface area contributed by atoms with E-state index < -0.39 is 0 Å². The van der Waals surface area contributed by atoms with Crippen molar-refractivity contribution in [2.24, 2.45) is 5.92 Å². The van der Waals surface area contributed by atoms with Gasteiger partial charge in [-0.1, -0.05) is 48.5 Å². The fourth-order valence-corrected chi connectivity index (χ4v) is 3.60. The Bertz CT molecular complexity index is 421. The van der Waals surface area contributed by atoms with Crippen LogP contribution >= 0.6 is 15.9 Å². The summed E-state index contributed by atoms with van der Waals surface area (Å²) in [5.41, 5.74) is 1.01. The summed E-state index contributed by atoms with van der Waals surface area (Å²) in [4.78, 5) is 0. The Morgan fingerprint density at radius 2 is 2.10 bits per heavy atom. The largest absolute Gasteiger partial charge is 0.310 e. The summed E-state index contributed by atoms with van der Waals surface area (Å²) in [6, 6.07) is 5.49. The van der Waals surface area contributed by atoms with Crippen LogP contribution in [0.4, 0.5) is 4.39 Å². The molecule has 0 radical (unpaired) electrons. The van der Waals surface area contributed by atoms with E-state index in [1.807, 2.05) is 0 Å². The second-order valence-corrected chi connectivity index (χ2v) is 6.83. The molecular formula is C17H25BrFN. The zero-order chi connectivity index (χ0) is 14.4. The van der Waals surface area contributed by atoms with Gasteiger partial charge in [0.1, 0.15) is 5.82 Å². The molecular weight excluding hydrogens is 317 g/mol. The van der Waals surface area contributed by atoms with Crippen molar-refractivity contribution in [3.05, 3.63) is 34.1 Å². The maximum absolute atomic E-state index is 13.3. The standard InChI is InChI=1S/C17H25BrFN/c1-2-4-13-5-3-6-16(9-7-13)20-12-14-11-15(19)8-10-17(14)18/h8,10-11,13,16,20H,2-7,9,12H2,1H3. The number of hydrogen-bond donors (Lipinski definition) is 1. The van der Waals surface area contributed by atoms with E-state index in [2.05, 4.69) is 28.2 Å². The molecule has 1 aliphatic carbocycles. The van der Waals surface area contributed by atoms with Crippen molar-refractivity contribution in [2.75, 3.05) is 0 Å². The zero-order valence-electron chi connectivity index (χ0n) is 12.3. The Morgan fingerprint density at radius 3 is 2.90 bits per heavy atom. The van der Waals surface area contributed by atoms with E-state index in [4.69, 9.17) is 0 Å². The minimum Gasteiger partial charge on any atom is -0.310 e. The highest BCUT2D eigenvalue weighted by molar-refractivity contribution is 9.10. The highest BCUT2D eigenvalue weighted by Gasteiger charge is 2.18. The van der Waals surface area contributed by atoms with Crippen LogP contribution in [0.2, 0.25) is 0 Å². The maximum Gasteiger partial charge on any atom is 0.123 e. The summed E-state index contributed by atoms with van der Waals surface area (Å²) in [7, 11) is 0. The molecule has 2 atom stereocenters. The lowest BCUT2D eigenvalue weighted by molar-refractivity contribution is 0.409. The summed E-state index contributed by atoms with van der Waals surface area (Å²) in [5.74, 6) is 0.765. The number of nitrogens with one attached hydrogen (secondary N) is 1. The van der Waals surface area contributed by atoms with Gasteiger partial charge in [-0.2, -0.15) is 0 Å². The van der Waals surface area contributed by atoms with E-state index in [1.165, 1.54) is 51.0 Å². The third-order valence-corrected chi connectivity index (χ3v) is 5.15. The molecule has 0 saturated heterocycles. The van der Waals surface area contributed by atoms with Gasteiger partial charge in [0.2, 0.25) is 0 Å². The normalized spacial score (nSPS) is 23.6. The van der Waals surface area contributed by atoms with Crippen LogP contribution in [-0.2, 0) is 6.54 Å². The lowest BCUT2D eigenvalue weighted by atomic mass is 9.95. The molecule has 1 N–H and O–H groups in total. The van der Waals surface area contributed by atoms with Gasteiger partial charge in [-0.25, -0.2) is 4.39 Å². The van der Waals surface area contributed by atoms with Crippen LogP contribution < -0.4 is 5.32 Å². The summed E-state index contributed by atoms with van der Waals surface area (Å²) in [6.07, 6.45) is 9.25. The van der Waals surface area contributed by atoms with E-state index in [-0.39, 0.29) is 5.82 Å². The molecule has 1 saturated carbocycles. The second-order valence-electron chi connectivity index (χ2n) is 5.98. The molecule has 2 unspecified atom stereocenters. The fraction of sp³-hybridized carbons (Fsp3) is 0.647. The third kappa shape index (κ3) is 4.85. The Labute approximate surface area is 130 Å². The lowest BCUT2D eigenvalue weighted by Crippen LogP contribution is -2.28. The molecule has 2 rings (SSSR count). The van der Waals surface area contributed by atoms with Gasteiger partial charge in [-0.05, 0) is 48.9 Å². The molecule has 112 valence electrons. The zero-order valence-corrected chi connectivity index (χ0v) is 13.9. The van der Waals surface area contributed by atoms with E-state index in [0.29, 0.717) is 6.04 Å². The second kappa shape index (κ2) is 8.14. The first kappa shape index (κ1) is 16.0. The van der Waals surface area contributed by atoms with Crippen molar-refractivity contribution in [1.29, 1.82) is 0 Å². The van der Waals surface area contributed by atoms with E-state index in [1.54, 1.807) is 12.1 Å². The number of benzene rings is 1. The predicted molar refractivity (Wildman–Crippen MR) is 86.2 cm³/mol. The number of rotatable bonds is 5. The van der Waals surface area contributed by atoms with Crippen LogP contribution in [0.15, 0.2) is 22.7 Å². The van der Waals surface area contributed by atoms with Gasteiger partial charge in [0, 0.05) is 17.1 Å². The number of hydrogen-bond acceptors (Lipinski definition) is 1. The van der Waals surface area contributed by atoms with Crippen LogP contribution in [0.1, 0.15) is 57.4 Å². The van der Waals surface area contributed by atoms with E-state index >= 15 is 0 Å². The quantitative estimate of drug-likeness (QED) is 0.704. The van der Waals surface area contributed by atoms with Crippen LogP contribution in [0.25, 0.3) is 0 Å².